The summed E-state index contributed by atoms with van der Waals surface area (Å²) in [5, 5.41) is 2.20. The van der Waals surface area contributed by atoms with E-state index in [9.17, 15) is 0 Å². The highest BCUT2D eigenvalue weighted by molar-refractivity contribution is 5.47. The molecule has 0 radical (unpaired) electrons. The van der Waals surface area contributed by atoms with Gasteiger partial charge < -0.3 is 5.32 Å². The Labute approximate surface area is 74.1 Å². The molecule has 0 saturated heterocycles. The highest BCUT2D eigenvalue weighted by Crippen LogP contribution is 2.04. The molecule has 0 aromatic heterocycles. The van der Waals surface area contributed by atoms with Crippen LogP contribution in [-0.4, -0.2) is 13.6 Å². The van der Waals surface area contributed by atoms with Gasteiger partial charge in [-0.1, -0.05) is 36.9 Å². The molecule has 0 heterocycles. The van der Waals surface area contributed by atoms with Crippen LogP contribution in [-0.2, 0) is 6.42 Å². The van der Waals surface area contributed by atoms with E-state index in [2.05, 4.69) is 43.2 Å². The van der Waals surface area contributed by atoms with E-state index >= 15 is 0 Å². The maximum absolute atomic E-state index is 3.72. The molecule has 0 bridgehead atoms. The second-order valence-corrected chi connectivity index (χ2v) is 2.89. The largest absolute Gasteiger partial charge is 0.348 e. The van der Waals surface area contributed by atoms with Crippen LogP contribution in [0.5, 0.6) is 0 Å². The average Bonchev–Trinajstić information content (AvgIpc) is 2.15. The topological polar surface area (TPSA) is 16.6 Å². The lowest BCUT2D eigenvalue weighted by Gasteiger charge is -1.98. The molecule has 0 unspecified atom stereocenters. The summed E-state index contributed by atoms with van der Waals surface area (Å²) < 4.78 is 0. The monoisotopic (exact) mass is 162 g/mol. The van der Waals surface area contributed by atoms with Gasteiger partial charge >= 0.3 is 0 Å². The first-order chi connectivity index (χ1) is 5.86. The Hall–Kier alpha value is -1.08. The minimum absolute atomic E-state index is 1.15. The van der Waals surface area contributed by atoms with Gasteiger partial charge in [0.05, 0.1) is 13.6 Å². The Morgan fingerprint density at radius 2 is 2.00 bits per heavy atom. The summed E-state index contributed by atoms with van der Waals surface area (Å²) in [6.07, 6.45) is 3.02. The third-order valence-electron chi connectivity index (χ3n) is 1.94. The molecule has 1 nitrogen and oxygen atoms in total. The second-order valence-electron chi connectivity index (χ2n) is 2.89. The van der Waals surface area contributed by atoms with Crippen molar-refractivity contribution in [3.63, 3.8) is 0 Å². The SMILES string of the molecule is C=Cc1ccc(CC[NH2+]C)cc1. The van der Waals surface area contributed by atoms with Gasteiger partial charge in [0.2, 0.25) is 0 Å². The lowest BCUT2D eigenvalue weighted by atomic mass is 10.1. The van der Waals surface area contributed by atoms with Crippen LogP contribution in [0.4, 0.5) is 0 Å². The van der Waals surface area contributed by atoms with E-state index in [0.717, 1.165) is 13.0 Å². The Bertz CT molecular complexity index is 236. The Kier molecular flexibility index (Phi) is 3.55. The summed E-state index contributed by atoms with van der Waals surface area (Å²) >= 11 is 0. The van der Waals surface area contributed by atoms with Crippen LogP contribution in [0.2, 0.25) is 0 Å². The third-order valence-corrected chi connectivity index (χ3v) is 1.94. The van der Waals surface area contributed by atoms with E-state index in [0.29, 0.717) is 0 Å². The number of quaternary nitrogens is 1. The van der Waals surface area contributed by atoms with Crippen LogP contribution in [0.15, 0.2) is 30.8 Å². The van der Waals surface area contributed by atoms with E-state index in [1.54, 1.807) is 0 Å². The Balaban J connectivity index is 2.58. The highest BCUT2D eigenvalue weighted by Gasteiger charge is 1.92. The molecule has 1 aromatic rings. The molecule has 0 aliphatic carbocycles. The van der Waals surface area contributed by atoms with E-state index in [-0.39, 0.29) is 0 Å². The molecule has 0 aliphatic heterocycles. The van der Waals surface area contributed by atoms with Crippen molar-refractivity contribution in [3.05, 3.63) is 42.0 Å². The molecule has 64 valence electrons. The summed E-state index contributed by atoms with van der Waals surface area (Å²) in [5.41, 5.74) is 2.60. The van der Waals surface area contributed by atoms with Crippen molar-refractivity contribution in [2.24, 2.45) is 0 Å². The number of nitrogens with two attached hydrogens (primary N) is 1. The zero-order valence-corrected chi connectivity index (χ0v) is 7.59. The lowest BCUT2D eigenvalue weighted by molar-refractivity contribution is -0.626. The zero-order chi connectivity index (χ0) is 8.81. The van der Waals surface area contributed by atoms with Crippen LogP contribution in [0.25, 0.3) is 6.08 Å². The summed E-state index contributed by atoms with van der Waals surface area (Å²) in [6, 6.07) is 8.55. The van der Waals surface area contributed by atoms with Crippen molar-refractivity contribution in [3.8, 4) is 0 Å². The van der Waals surface area contributed by atoms with Crippen LogP contribution in [0.1, 0.15) is 11.1 Å². The zero-order valence-electron chi connectivity index (χ0n) is 7.59. The Morgan fingerprint density at radius 1 is 1.33 bits per heavy atom. The summed E-state index contributed by atoms with van der Waals surface area (Å²) in [5.74, 6) is 0. The quantitative estimate of drug-likeness (QED) is 0.682. The molecule has 2 N–H and O–H groups in total. The van der Waals surface area contributed by atoms with Crippen LogP contribution >= 0.6 is 0 Å². The van der Waals surface area contributed by atoms with Crippen molar-refractivity contribution in [2.45, 2.75) is 6.42 Å². The molecule has 0 atom stereocenters. The molecule has 0 spiro atoms. The van der Waals surface area contributed by atoms with Gasteiger partial charge in [0.1, 0.15) is 0 Å². The van der Waals surface area contributed by atoms with Crippen LogP contribution < -0.4 is 5.32 Å². The summed E-state index contributed by atoms with van der Waals surface area (Å²) in [4.78, 5) is 0. The molecule has 1 aromatic carbocycles. The summed E-state index contributed by atoms with van der Waals surface area (Å²) in [7, 11) is 2.10. The van der Waals surface area contributed by atoms with E-state index < -0.39 is 0 Å². The first-order valence-electron chi connectivity index (χ1n) is 4.36. The minimum Gasteiger partial charge on any atom is -0.348 e. The molecule has 12 heavy (non-hydrogen) atoms. The van der Waals surface area contributed by atoms with E-state index in [4.69, 9.17) is 0 Å². The standard InChI is InChI=1S/C11H15N/c1-3-10-4-6-11(7-5-10)8-9-12-2/h3-7,12H,1,8-9H2,2H3/p+1. The predicted octanol–water partition coefficient (Wildman–Crippen LogP) is 1.07. The van der Waals surface area contributed by atoms with Crippen LogP contribution in [0, 0.1) is 0 Å². The third kappa shape index (κ3) is 2.51. The minimum atomic E-state index is 1.15. The molecule has 0 fully saturated rings. The fourth-order valence-electron chi connectivity index (χ4n) is 1.13. The first-order valence-corrected chi connectivity index (χ1v) is 4.36. The molecular weight excluding hydrogens is 146 g/mol. The van der Waals surface area contributed by atoms with Gasteiger partial charge in [0, 0.05) is 6.42 Å². The smallest absolute Gasteiger partial charge is 0.0794 e. The van der Waals surface area contributed by atoms with Gasteiger partial charge in [-0.05, 0) is 11.1 Å². The van der Waals surface area contributed by atoms with Crippen molar-refractivity contribution >= 4 is 6.08 Å². The fourth-order valence-corrected chi connectivity index (χ4v) is 1.13. The number of benzene rings is 1. The van der Waals surface area contributed by atoms with Crippen molar-refractivity contribution < 1.29 is 5.32 Å². The second kappa shape index (κ2) is 4.73. The normalized spacial score (nSPS) is 9.75. The van der Waals surface area contributed by atoms with Gasteiger partial charge in [-0.3, -0.25) is 0 Å². The average molecular weight is 162 g/mol. The Morgan fingerprint density at radius 3 is 2.50 bits per heavy atom. The van der Waals surface area contributed by atoms with Crippen molar-refractivity contribution in [1.29, 1.82) is 0 Å². The molecule has 1 heteroatoms. The number of rotatable bonds is 4. The molecule has 0 aliphatic rings. The van der Waals surface area contributed by atoms with E-state index in [1.807, 2.05) is 6.08 Å². The van der Waals surface area contributed by atoms with Gasteiger partial charge in [-0.2, -0.15) is 0 Å². The fraction of sp³-hybridized carbons (Fsp3) is 0.273. The maximum Gasteiger partial charge on any atom is 0.0794 e. The van der Waals surface area contributed by atoms with Crippen LogP contribution in [0.3, 0.4) is 0 Å². The molecule has 1 rings (SSSR count). The predicted molar refractivity (Wildman–Crippen MR) is 53.0 cm³/mol. The van der Waals surface area contributed by atoms with Crippen molar-refractivity contribution in [2.75, 3.05) is 13.6 Å². The van der Waals surface area contributed by atoms with Crippen molar-refractivity contribution in [1.82, 2.24) is 0 Å². The maximum atomic E-state index is 3.72. The number of likely N-dealkylation sites (N-methyl/N-ethyl adjacent to an activating group) is 1. The van der Waals surface area contributed by atoms with Gasteiger partial charge in [0.15, 0.2) is 0 Å². The lowest BCUT2D eigenvalue weighted by Crippen LogP contribution is -2.80. The first kappa shape index (κ1) is 9.01. The van der Waals surface area contributed by atoms with Gasteiger partial charge in [0.25, 0.3) is 0 Å². The highest BCUT2D eigenvalue weighted by atomic mass is 14.8. The van der Waals surface area contributed by atoms with E-state index in [1.165, 1.54) is 11.1 Å². The molecular formula is C11H16N+. The van der Waals surface area contributed by atoms with Gasteiger partial charge in [-0.25, -0.2) is 0 Å². The molecule has 0 saturated carbocycles. The number of hydrogen-bond donors (Lipinski definition) is 1. The van der Waals surface area contributed by atoms with Gasteiger partial charge in [-0.15, -0.1) is 0 Å². The number of hydrogen-bond acceptors (Lipinski definition) is 0. The molecule has 0 amide bonds. The summed E-state index contributed by atoms with van der Waals surface area (Å²) in [6.45, 7) is 4.88.